The van der Waals surface area contributed by atoms with Crippen molar-refractivity contribution < 1.29 is 38.9 Å². The number of hydrogen-bond donors (Lipinski definition) is 4. The Morgan fingerprint density at radius 1 is 0.466 bits per heavy atom. The summed E-state index contributed by atoms with van der Waals surface area (Å²) in [7, 11) is 0. The fourth-order valence-corrected chi connectivity index (χ4v) is 6.48. The number of rotatable bonds is 10. The minimum Gasteiger partial charge on any atom is -0.507 e. The van der Waals surface area contributed by atoms with Crippen LogP contribution in [0.3, 0.4) is 0 Å². The summed E-state index contributed by atoms with van der Waals surface area (Å²) in [5, 5.41) is 27.1. The van der Waals surface area contributed by atoms with Gasteiger partial charge < -0.3 is 30.3 Å². The highest BCUT2D eigenvalue weighted by Gasteiger charge is 2.29. The number of benzene rings is 4. The molecule has 0 spiro atoms. The molecule has 0 bridgehead atoms. The van der Waals surface area contributed by atoms with Gasteiger partial charge in [0, 0.05) is 22.3 Å². The summed E-state index contributed by atoms with van der Waals surface area (Å²) in [6.45, 7) is 23.9. The first-order valence-electron chi connectivity index (χ1n) is 19.7. The molecule has 0 aromatic heterocycles. The zero-order chi connectivity index (χ0) is 43.4. The zero-order valence-electron chi connectivity index (χ0n) is 36.1. The summed E-state index contributed by atoms with van der Waals surface area (Å²) in [4.78, 5) is 50.7. The second-order valence-corrected chi connectivity index (χ2v) is 18.8. The maximum Gasteiger partial charge on any atom is 0.338 e. The number of phenols is 2. The van der Waals surface area contributed by atoms with E-state index in [-0.39, 0.29) is 59.5 Å². The van der Waals surface area contributed by atoms with Crippen molar-refractivity contribution in [2.75, 3.05) is 26.3 Å². The van der Waals surface area contributed by atoms with E-state index in [1.807, 2.05) is 119 Å². The molecule has 0 atom stereocenters. The first-order chi connectivity index (χ1) is 26.8. The number of aromatic hydroxyl groups is 2. The molecule has 4 rings (SSSR count). The van der Waals surface area contributed by atoms with E-state index in [0.29, 0.717) is 11.1 Å². The van der Waals surface area contributed by atoms with Gasteiger partial charge in [0.05, 0.1) is 24.2 Å². The number of nitrogens with one attached hydrogen (secondary N) is 2. The molecular formula is C48H60N2O8. The average Bonchev–Trinajstić information content (AvgIpc) is 3.13. The fraction of sp³-hybridized carbons (Fsp3) is 0.417. The molecule has 0 aliphatic heterocycles. The molecule has 0 radical (unpaired) electrons. The molecule has 0 fully saturated rings. The molecule has 4 aromatic rings. The minimum absolute atomic E-state index is 0.0968. The van der Waals surface area contributed by atoms with Crippen molar-refractivity contribution >= 4 is 23.8 Å². The summed E-state index contributed by atoms with van der Waals surface area (Å²) in [5.41, 5.74) is 5.89. The number of phenolic OH excluding ortho intramolecular Hbond substituents is 2. The molecule has 0 aliphatic rings. The normalized spacial score (nSPS) is 12.1. The van der Waals surface area contributed by atoms with Gasteiger partial charge in [0.25, 0.3) is 0 Å². The summed E-state index contributed by atoms with van der Waals surface area (Å²) in [6, 6.07) is 21.8. The Morgan fingerprint density at radius 3 is 1.03 bits per heavy atom. The summed E-state index contributed by atoms with van der Waals surface area (Å²) in [6.07, 6.45) is 0. The summed E-state index contributed by atoms with van der Waals surface area (Å²) >= 11 is 0. The summed E-state index contributed by atoms with van der Waals surface area (Å²) < 4.78 is 10.8. The van der Waals surface area contributed by atoms with Gasteiger partial charge in [-0.05, 0) is 92.4 Å². The highest BCUT2D eigenvalue weighted by atomic mass is 16.5. The van der Waals surface area contributed by atoms with Crippen LogP contribution in [0.1, 0.15) is 126 Å². The number of amides is 2. The molecule has 310 valence electrons. The van der Waals surface area contributed by atoms with Gasteiger partial charge in [-0.3, -0.25) is 9.59 Å². The van der Waals surface area contributed by atoms with Crippen LogP contribution in [0.5, 0.6) is 11.5 Å². The maximum atomic E-state index is 12.9. The van der Waals surface area contributed by atoms with Crippen molar-refractivity contribution in [2.24, 2.45) is 0 Å². The van der Waals surface area contributed by atoms with Crippen molar-refractivity contribution in [3.8, 4) is 33.8 Å². The van der Waals surface area contributed by atoms with Crippen LogP contribution in [0.15, 0.2) is 72.8 Å². The molecule has 0 saturated heterocycles. The zero-order valence-corrected chi connectivity index (χ0v) is 36.1. The Bertz CT molecular complexity index is 1950. The van der Waals surface area contributed by atoms with Gasteiger partial charge in [0.1, 0.15) is 24.7 Å². The first kappa shape index (κ1) is 45.1. The summed E-state index contributed by atoms with van der Waals surface area (Å²) in [5.74, 6) is -2.49. The Hall–Kier alpha value is -5.64. The van der Waals surface area contributed by atoms with E-state index < -0.39 is 23.8 Å². The number of carbonyl (C=O) groups excluding carboxylic acids is 4. The van der Waals surface area contributed by atoms with E-state index in [1.54, 1.807) is 36.4 Å². The molecule has 4 aromatic carbocycles. The van der Waals surface area contributed by atoms with E-state index in [1.165, 1.54) is 0 Å². The van der Waals surface area contributed by atoms with Crippen LogP contribution in [-0.2, 0) is 40.7 Å². The van der Waals surface area contributed by atoms with Crippen LogP contribution >= 0.6 is 0 Å². The van der Waals surface area contributed by atoms with Crippen molar-refractivity contribution in [1.29, 1.82) is 0 Å². The number of hydrogen-bond acceptors (Lipinski definition) is 8. The van der Waals surface area contributed by atoms with Gasteiger partial charge in [-0.15, -0.1) is 0 Å². The topological polar surface area (TPSA) is 151 Å². The second kappa shape index (κ2) is 17.5. The van der Waals surface area contributed by atoms with E-state index >= 15 is 0 Å². The van der Waals surface area contributed by atoms with E-state index in [9.17, 15) is 29.4 Å². The SMILES string of the molecule is CC(C)(C)c1cc(-c2cccc(C(=O)OCCNC(=O)C(=O)NCCOC(=O)c3cccc(-c4cc(C(C)(C)C)c(O)c(C(C)(C)C)c4)c3)c2)cc(C(C)(C)C)c1O. The Labute approximate surface area is 343 Å². The van der Waals surface area contributed by atoms with Crippen LogP contribution in [0, 0.1) is 0 Å². The Morgan fingerprint density at radius 2 is 0.759 bits per heavy atom. The lowest BCUT2D eigenvalue weighted by molar-refractivity contribution is -0.139. The van der Waals surface area contributed by atoms with Crippen LogP contribution in [0.25, 0.3) is 22.3 Å². The standard InChI is InChI=1S/C48H60N2O8/c1-45(2,3)35-25-33(26-36(39(35)51)46(4,5)6)29-15-13-17-31(23-29)43(55)57-21-19-49-41(53)42(54)50-20-22-58-44(56)32-18-14-16-30(24-32)34-27-37(47(7,8)9)40(52)38(28-34)48(10,11)12/h13-18,23-28,51-52H,19-22H2,1-12H3,(H,49,53)(H,50,54). The number of ether oxygens (including phenoxy) is 2. The third kappa shape index (κ3) is 11.3. The van der Waals surface area contributed by atoms with Crippen molar-refractivity contribution in [1.82, 2.24) is 10.6 Å². The van der Waals surface area contributed by atoms with Crippen LogP contribution < -0.4 is 10.6 Å². The molecule has 4 N–H and O–H groups in total. The van der Waals surface area contributed by atoms with Crippen LogP contribution in [0.2, 0.25) is 0 Å². The highest BCUT2D eigenvalue weighted by Crippen LogP contribution is 2.43. The third-order valence-electron chi connectivity index (χ3n) is 9.76. The van der Waals surface area contributed by atoms with E-state index in [0.717, 1.165) is 44.5 Å². The lowest BCUT2D eigenvalue weighted by Gasteiger charge is -2.28. The van der Waals surface area contributed by atoms with E-state index in [2.05, 4.69) is 10.6 Å². The third-order valence-corrected chi connectivity index (χ3v) is 9.76. The number of esters is 2. The van der Waals surface area contributed by atoms with Gasteiger partial charge in [0.15, 0.2) is 0 Å². The Kier molecular flexibility index (Phi) is 13.6. The molecular weight excluding hydrogens is 733 g/mol. The van der Waals surface area contributed by atoms with Gasteiger partial charge >= 0.3 is 23.8 Å². The van der Waals surface area contributed by atoms with E-state index in [4.69, 9.17) is 9.47 Å². The van der Waals surface area contributed by atoms with Gasteiger partial charge in [-0.1, -0.05) is 107 Å². The largest absolute Gasteiger partial charge is 0.507 e. The number of carbonyl (C=O) groups is 4. The van der Waals surface area contributed by atoms with Gasteiger partial charge in [-0.2, -0.15) is 0 Å². The maximum absolute atomic E-state index is 12.9. The van der Waals surface area contributed by atoms with Crippen molar-refractivity contribution in [3.05, 3.63) is 106 Å². The van der Waals surface area contributed by atoms with Crippen molar-refractivity contribution in [3.63, 3.8) is 0 Å². The van der Waals surface area contributed by atoms with Gasteiger partial charge in [0.2, 0.25) is 0 Å². The predicted molar refractivity (Wildman–Crippen MR) is 228 cm³/mol. The molecule has 10 heteroatoms. The smallest absolute Gasteiger partial charge is 0.338 e. The lowest BCUT2D eigenvalue weighted by atomic mass is 9.77. The lowest BCUT2D eigenvalue weighted by Crippen LogP contribution is -2.42. The molecule has 58 heavy (non-hydrogen) atoms. The molecule has 0 aliphatic carbocycles. The average molecular weight is 793 g/mol. The molecule has 2 amide bonds. The molecule has 10 nitrogen and oxygen atoms in total. The molecule has 0 heterocycles. The Balaban J connectivity index is 1.27. The molecule has 0 saturated carbocycles. The molecule has 0 unspecified atom stereocenters. The highest BCUT2D eigenvalue weighted by molar-refractivity contribution is 6.35. The first-order valence-corrected chi connectivity index (χ1v) is 19.7. The fourth-order valence-electron chi connectivity index (χ4n) is 6.48. The van der Waals surface area contributed by atoms with Crippen LogP contribution in [-0.4, -0.2) is 60.3 Å². The predicted octanol–water partition coefficient (Wildman–Crippen LogP) is 8.87. The quantitative estimate of drug-likeness (QED) is 0.0707. The van der Waals surface area contributed by atoms with Crippen molar-refractivity contribution in [2.45, 2.75) is 105 Å². The monoisotopic (exact) mass is 792 g/mol. The minimum atomic E-state index is -0.924. The van der Waals surface area contributed by atoms with Gasteiger partial charge in [-0.25, -0.2) is 9.59 Å². The second-order valence-electron chi connectivity index (χ2n) is 18.8. The van der Waals surface area contributed by atoms with Crippen LogP contribution in [0.4, 0.5) is 0 Å².